The first kappa shape index (κ1) is 14.5. The molecule has 5 nitrogen and oxygen atoms in total. The number of rotatable bonds is 1. The first-order valence-corrected chi connectivity index (χ1v) is 7.37. The van der Waals surface area contributed by atoms with Gasteiger partial charge in [-0.3, -0.25) is 4.99 Å². The topological polar surface area (TPSA) is 52.2 Å². The third-order valence-electron chi connectivity index (χ3n) is 3.94. The highest BCUT2D eigenvalue weighted by molar-refractivity contribution is 5.85. The molecule has 2 heterocycles. The SMILES string of the molecule is CC1N=Cc2ccccc2-n2c1nn(-c1c(F)cccc1F)c2=O. The average molecular weight is 326 g/mol. The van der Waals surface area contributed by atoms with Crippen molar-refractivity contribution in [2.75, 3.05) is 0 Å². The molecule has 0 amide bonds. The molecule has 4 rings (SSSR count). The molecular formula is C17H12F2N4O. The zero-order valence-electron chi connectivity index (χ0n) is 12.6. The maximum absolute atomic E-state index is 14.1. The van der Waals surface area contributed by atoms with Gasteiger partial charge in [0.1, 0.15) is 11.7 Å². The molecular weight excluding hydrogens is 314 g/mol. The van der Waals surface area contributed by atoms with Gasteiger partial charge in [0.05, 0.1) is 5.69 Å². The Kier molecular flexibility index (Phi) is 3.16. The molecule has 0 N–H and O–H groups in total. The molecule has 120 valence electrons. The molecule has 7 heteroatoms. The molecule has 0 saturated heterocycles. The van der Waals surface area contributed by atoms with Crippen molar-refractivity contribution in [2.24, 2.45) is 4.99 Å². The number of aliphatic imine (C=N–C) groups is 1. The van der Waals surface area contributed by atoms with E-state index in [1.165, 1.54) is 10.6 Å². The van der Waals surface area contributed by atoms with Crippen LogP contribution in [-0.4, -0.2) is 20.6 Å². The lowest BCUT2D eigenvalue weighted by Gasteiger charge is -2.06. The van der Waals surface area contributed by atoms with Crippen molar-refractivity contribution in [1.29, 1.82) is 0 Å². The monoisotopic (exact) mass is 326 g/mol. The molecule has 1 unspecified atom stereocenters. The molecule has 0 aliphatic carbocycles. The van der Waals surface area contributed by atoms with Crippen LogP contribution < -0.4 is 5.69 Å². The van der Waals surface area contributed by atoms with Crippen LogP contribution in [0.5, 0.6) is 0 Å². The predicted octanol–water partition coefficient (Wildman–Crippen LogP) is 2.79. The fraction of sp³-hybridized carbons (Fsp3) is 0.118. The van der Waals surface area contributed by atoms with Gasteiger partial charge in [0, 0.05) is 11.8 Å². The summed E-state index contributed by atoms with van der Waals surface area (Å²) in [5.41, 5.74) is 0.183. The largest absolute Gasteiger partial charge is 0.355 e. The molecule has 24 heavy (non-hydrogen) atoms. The van der Waals surface area contributed by atoms with Gasteiger partial charge in [0.15, 0.2) is 17.5 Å². The zero-order chi connectivity index (χ0) is 16.8. The average Bonchev–Trinajstić information content (AvgIpc) is 2.82. The van der Waals surface area contributed by atoms with Crippen molar-refractivity contribution in [2.45, 2.75) is 13.0 Å². The van der Waals surface area contributed by atoms with E-state index in [-0.39, 0.29) is 0 Å². The Morgan fingerprint density at radius 2 is 1.75 bits per heavy atom. The van der Waals surface area contributed by atoms with Crippen LogP contribution in [0.4, 0.5) is 8.78 Å². The molecule has 0 fully saturated rings. The highest BCUT2D eigenvalue weighted by Crippen LogP contribution is 2.24. The fourth-order valence-electron chi connectivity index (χ4n) is 2.78. The van der Waals surface area contributed by atoms with Crippen molar-refractivity contribution in [3.63, 3.8) is 0 Å². The number of hydrogen-bond donors (Lipinski definition) is 0. The van der Waals surface area contributed by atoms with E-state index in [4.69, 9.17) is 0 Å². The Morgan fingerprint density at radius 3 is 2.50 bits per heavy atom. The summed E-state index contributed by atoms with van der Waals surface area (Å²) in [6.45, 7) is 1.77. The van der Waals surface area contributed by atoms with Crippen LogP contribution in [0, 0.1) is 11.6 Å². The Labute approximate surface area is 135 Å². The van der Waals surface area contributed by atoms with E-state index in [0.29, 0.717) is 11.5 Å². The predicted molar refractivity (Wildman–Crippen MR) is 85.1 cm³/mol. The summed E-state index contributed by atoms with van der Waals surface area (Å²) >= 11 is 0. The maximum atomic E-state index is 14.1. The smallest absolute Gasteiger partial charge is 0.281 e. The number of nitrogens with zero attached hydrogens (tertiary/aromatic N) is 4. The Hall–Kier alpha value is -3.09. The fourth-order valence-corrected chi connectivity index (χ4v) is 2.78. The minimum absolute atomic E-state index is 0.323. The highest BCUT2D eigenvalue weighted by atomic mass is 19.1. The summed E-state index contributed by atoms with van der Waals surface area (Å²) in [4.78, 5) is 17.2. The summed E-state index contributed by atoms with van der Waals surface area (Å²) in [7, 11) is 0. The van der Waals surface area contributed by atoms with Crippen molar-refractivity contribution in [3.8, 4) is 11.4 Å². The molecule has 3 aromatic rings. The van der Waals surface area contributed by atoms with Crippen LogP contribution in [0.15, 0.2) is 52.3 Å². The first-order valence-electron chi connectivity index (χ1n) is 7.37. The molecule has 1 aliphatic heterocycles. The number of para-hydroxylation sites is 2. The van der Waals surface area contributed by atoms with E-state index < -0.39 is 29.1 Å². The Bertz CT molecular complexity index is 1020. The summed E-state index contributed by atoms with van der Waals surface area (Å²) in [6, 6.07) is 10.1. The maximum Gasteiger partial charge on any atom is 0.355 e. The highest BCUT2D eigenvalue weighted by Gasteiger charge is 2.25. The van der Waals surface area contributed by atoms with E-state index in [1.54, 1.807) is 25.3 Å². The molecule has 1 aliphatic rings. The third-order valence-corrected chi connectivity index (χ3v) is 3.94. The normalized spacial score (nSPS) is 15.7. The minimum Gasteiger partial charge on any atom is -0.281 e. The summed E-state index contributed by atoms with van der Waals surface area (Å²) in [5.74, 6) is -1.38. The van der Waals surface area contributed by atoms with Gasteiger partial charge in [0.2, 0.25) is 0 Å². The number of hydrogen-bond acceptors (Lipinski definition) is 3. The quantitative estimate of drug-likeness (QED) is 0.690. The van der Waals surface area contributed by atoms with Gasteiger partial charge < -0.3 is 0 Å². The van der Waals surface area contributed by atoms with Gasteiger partial charge in [-0.05, 0) is 25.1 Å². The van der Waals surface area contributed by atoms with Crippen molar-refractivity contribution >= 4 is 6.21 Å². The lowest BCUT2D eigenvalue weighted by atomic mass is 10.2. The minimum atomic E-state index is -0.852. The van der Waals surface area contributed by atoms with E-state index >= 15 is 0 Å². The molecule has 1 atom stereocenters. The van der Waals surface area contributed by atoms with Crippen molar-refractivity contribution in [3.05, 3.63) is 76.0 Å². The third kappa shape index (κ3) is 2.01. The van der Waals surface area contributed by atoms with E-state index in [0.717, 1.165) is 22.4 Å². The standard InChI is InChI=1S/C17H12F2N4O/c1-10-16-21-23(15-12(18)6-4-7-13(15)19)17(24)22(16)14-8-3-2-5-11(14)9-20-10/h2-10H,1H3. The lowest BCUT2D eigenvalue weighted by Crippen LogP contribution is -2.25. The van der Waals surface area contributed by atoms with Crippen LogP contribution in [0.3, 0.4) is 0 Å². The zero-order valence-corrected chi connectivity index (χ0v) is 12.6. The summed E-state index contributed by atoms with van der Waals surface area (Å²) in [5, 5.41) is 4.16. The van der Waals surface area contributed by atoms with Gasteiger partial charge in [0.25, 0.3) is 0 Å². The van der Waals surface area contributed by atoms with Crippen LogP contribution in [0.2, 0.25) is 0 Å². The van der Waals surface area contributed by atoms with Gasteiger partial charge >= 0.3 is 5.69 Å². The molecule has 1 aromatic heterocycles. The number of aromatic nitrogens is 3. The summed E-state index contributed by atoms with van der Waals surface area (Å²) in [6.07, 6.45) is 1.67. The van der Waals surface area contributed by atoms with Crippen LogP contribution in [0.25, 0.3) is 11.4 Å². The molecule has 0 radical (unpaired) electrons. The first-order chi connectivity index (χ1) is 11.6. The van der Waals surface area contributed by atoms with Gasteiger partial charge in [-0.15, -0.1) is 5.10 Å². The van der Waals surface area contributed by atoms with E-state index in [9.17, 15) is 13.6 Å². The second-order valence-electron chi connectivity index (χ2n) is 5.47. The molecule has 0 saturated carbocycles. The van der Waals surface area contributed by atoms with E-state index in [1.807, 2.05) is 12.1 Å². The van der Waals surface area contributed by atoms with E-state index in [2.05, 4.69) is 10.1 Å². The van der Waals surface area contributed by atoms with Gasteiger partial charge in [-0.2, -0.15) is 4.68 Å². The second-order valence-corrected chi connectivity index (χ2v) is 5.47. The number of halogens is 2. The van der Waals surface area contributed by atoms with Crippen molar-refractivity contribution in [1.82, 2.24) is 14.3 Å². The Morgan fingerprint density at radius 1 is 1.04 bits per heavy atom. The van der Waals surface area contributed by atoms with Gasteiger partial charge in [-0.25, -0.2) is 18.1 Å². The van der Waals surface area contributed by atoms with Crippen LogP contribution in [0.1, 0.15) is 24.4 Å². The number of benzene rings is 2. The van der Waals surface area contributed by atoms with Crippen LogP contribution >= 0.6 is 0 Å². The van der Waals surface area contributed by atoms with Crippen LogP contribution in [-0.2, 0) is 0 Å². The second kappa shape index (κ2) is 5.23. The lowest BCUT2D eigenvalue weighted by molar-refractivity contribution is 0.554. The molecule has 2 aromatic carbocycles. The Balaban J connectivity index is 2.07. The van der Waals surface area contributed by atoms with Crippen molar-refractivity contribution < 1.29 is 8.78 Å². The van der Waals surface area contributed by atoms with Gasteiger partial charge in [-0.1, -0.05) is 24.3 Å². The molecule has 0 spiro atoms. The summed E-state index contributed by atoms with van der Waals surface area (Å²) < 4.78 is 30.3. The number of fused-ring (bicyclic) bond motifs is 3. The molecule has 0 bridgehead atoms.